The van der Waals surface area contributed by atoms with Crippen molar-refractivity contribution in [3.05, 3.63) is 46.2 Å². The van der Waals surface area contributed by atoms with Crippen LogP contribution in [0.2, 0.25) is 0 Å². The average molecular weight is 322 g/mol. The summed E-state index contributed by atoms with van der Waals surface area (Å²) in [6, 6.07) is 9.03. The van der Waals surface area contributed by atoms with Gasteiger partial charge >= 0.3 is 0 Å². The minimum absolute atomic E-state index is 0. The third-order valence-corrected chi connectivity index (χ3v) is 4.30. The Labute approximate surface area is 134 Å². The molecule has 0 spiro atoms. The maximum Gasteiger partial charge on any atom is 0.261 e. The Morgan fingerprint density at radius 3 is 2.73 bits per heavy atom. The van der Waals surface area contributed by atoms with E-state index in [0.717, 1.165) is 23.7 Å². The highest BCUT2D eigenvalue weighted by Gasteiger charge is 2.41. The van der Waals surface area contributed by atoms with E-state index in [2.05, 4.69) is 10.3 Å². The predicted molar refractivity (Wildman–Crippen MR) is 89.5 cm³/mol. The van der Waals surface area contributed by atoms with Gasteiger partial charge in [0.25, 0.3) is 11.5 Å². The van der Waals surface area contributed by atoms with Crippen LogP contribution in [-0.2, 0) is 0 Å². The quantitative estimate of drug-likeness (QED) is 0.802. The van der Waals surface area contributed by atoms with E-state index in [1.54, 1.807) is 6.07 Å². The van der Waals surface area contributed by atoms with Gasteiger partial charge in [0.15, 0.2) is 0 Å². The van der Waals surface area contributed by atoms with Crippen molar-refractivity contribution in [2.75, 3.05) is 6.54 Å². The second-order valence-corrected chi connectivity index (χ2v) is 5.95. The van der Waals surface area contributed by atoms with E-state index in [0.29, 0.717) is 12.5 Å². The molecule has 1 aromatic carbocycles. The molecule has 3 rings (SSSR count). The molecule has 1 fully saturated rings. The summed E-state index contributed by atoms with van der Waals surface area (Å²) < 4.78 is 0. The minimum atomic E-state index is -0.435. The van der Waals surface area contributed by atoms with Crippen LogP contribution in [0.15, 0.2) is 35.1 Å². The van der Waals surface area contributed by atoms with Crippen LogP contribution in [0.5, 0.6) is 0 Å². The summed E-state index contributed by atoms with van der Waals surface area (Å²) >= 11 is 0. The van der Waals surface area contributed by atoms with E-state index in [9.17, 15) is 9.59 Å². The van der Waals surface area contributed by atoms with Crippen molar-refractivity contribution < 1.29 is 4.79 Å². The van der Waals surface area contributed by atoms with E-state index >= 15 is 0 Å². The smallest absolute Gasteiger partial charge is 0.261 e. The molecular weight excluding hydrogens is 302 g/mol. The summed E-state index contributed by atoms with van der Waals surface area (Å²) in [5.41, 5.74) is 5.85. The second kappa shape index (κ2) is 6.10. The molecule has 1 aliphatic carbocycles. The second-order valence-electron chi connectivity index (χ2n) is 5.95. The van der Waals surface area contributed by atoms with E-state index in [-0.39, 0.29) is 29.4 Å². The molecule has 1 saturated carbocycles. The van der Waals surface area contributed by atoms with Gasteiger partial charge in [-0.1, -0.05) is 18.2 Å². The number of carbonyl (C=O) groups is 1. The maximum atomic E-state index is 12.4. The lowest BCUT2D eigenvalue weighted by molar-refractivity contribution is 0.0896. The van der Waals surface area contributed by atoms with Gasteiger partial charge in [-0.3, -0.25) is 9.59 Å². The van der Waals surface area contributed by atoms with Crippen molar-refractivity contribution in [2.45, 2.75) is 25.3 Å². The molecular formula is C16H20ClN3O2. The van der Waals surface area contributed by atoms with Gasteiger partial charge in [0.2, 0.25) is 0 Å². The van der Waals surface area contributed by atoms with Gasteiger partial charge in [0, 0.05) is 12.1 Å². The van der Waals surface area contributed by atoms with Crippen LogP contribution in [0.4, 0.5) is 0 Å². The number of amides is 1. The van der Waals surface area contributed by atoms with Gasteiger partial charge in [0.1, 0.15) is 5.56 Å². The molecule has 0 saturated heterocycles. The number of fused-ring (bicyclic) bond motifs is 1. The van der Waals surface area contributed by atoms with Crippen LogP contribution in [0, 0.1) is 5.92 Å². The van der Waals surface area contributed by atoms with E-state index in [1.807, 2.05) is 31.2 Å². The van der Waals surface area contributed by atoms with Crippen LogP contribution in [0.1, 0.15) is 30.1 Å². The monoisotopic (exact) mass is 321 g/mol. The van der Waals surface area contributed by atoms with Gasteiger partial charge in [-0.05, 0) is 43.2 Å². The van der Waals surface area contributed by atoms with Gasteiger partial charge < -0.3 is 16.0 Å². The fourth-order valence-electron chi connectivity index (χ4n) is 2.68. The van der Waals surface area contributed by atoms with Crippen LogP contribution >= 0.6 is 12.4 Å². The molecule has 1 atom stereocenters. The highest BCUT2D eigenvalue weighted by molar-refractivity contribution is 5.97. The number of pyridine rings is 1. The van der Waals surface area contributed by atoms with E-state index < -0.39 is 5.54 Å². The first-order chi connectivity index (χ1) is 10.0. The van der Waals surface area contributed by atoms with E-state index in [4.69, 9.17) is 5.73 Å². The molecule has 0 radical (unpaired) electrons. The van der Waals surface area contributed by atoms with Gasteiger partial charge in [-0.25, -0.2) is 0 Å². The number of benzene rings is 1. The van der Waals surface area contributed by atoms with Crippen LogP contribution < -0.4 is 16.6 Å². The highest BCUT2D eigenvalue weighted by Crippen LogP contribution is 2.39. The standard InChI is InChI=1S/C16H19N3O2.ClH/c1-16(9-17,11-6-7-11)19-15(21)12-8-10-4-2-3-5-13(10)18-14(12)20;/h2-5,8,11H,6-7,9,17H2,1H3,(H,18,20)(H,19,21);1H. The Hall–Kier alpha value is -1.85. The number of rotatable bonds is 4. The van der Waals surface area contributed by atoms with Crippen molar-refractivity contribution in [2.24, 2.45) is 11.7 Å². The number of hydrogen-bond acceptors (Lipinski definition) is 3. The van der Waals surface area contributed by atoms with Gasteiger partial charge in [-0.15, -0.1) is 12.4 Å². The molecule has 22 heavy (non-hydrogen) atoms. The maximum absolute atomic E-state index is 12.4. The number of halogens is 1. The zero-order valence-electron chi connectivity index (χ0n) is 12.4. The van der Waals surface area contributed by atoms with Crippen molar-refractivity contribution in [1.82, 2.24) is 10.3 Å². The third kappa shape index (κ3) is 3.00. The highest BCUT2D eigenvalue weighted by atomic mass is 35.5. The fourth-order valence-corrected chi connectivity index (χ4v) is 2.68. The third-order valence-electron chi connectivity index (χ3n) is 4.30. The molecule has 1 unspecified atom stereocenters. The van der Waals surface area contributed by atoms with Crippen LogP contribution in [0.3, 0.4) is 0 Å². The number of aromatic nitrogens is 1. The normalized spacial score (nSPS) is 16.6. The molecule has 6 heteroatoms. The Bertz CT molecular complexity index is 754. The number of hydrogen-bond donors (Lipinski definition) is 3. The molecule has 1 heterocycles. The van der Waals surface area contributed by atoms with Gasteiger partial charge in [0.05, 0.1) is 5.54 Å². The largest absolute Gasteiger partial charge is 0.345 e. The summed E-state index contributed by atoms with van der Waals surface area (Å²) in [5, 5.41) is 3.78. The Morgan fingerprint density at radius 2 is 2.09 bits per heavy atom. The first-order valence-electron chi connectivity index (χ1n) is 7.18. The summed E-state index contributed by atoms with van der Waals surface area (Å²) in [4.78, 5) is 27.3. The van der Waals surface area contributed by atoms with Crippen molar-refractivity contribution in [3.63, 3.8) is 0 Å². The summed E-state index contributed by atoms with van der Waals surface area (Å²) in [7, 11) is 0. The Morgan fingerprint density at radius 1 is 1.41 bits per heavy atom. The summed E-state index contributed by atoms with van der Waals surface area (Å²) in [6.45, 7) is 2.31. The van der Waals surface area contributed by atoms with Crippen molar-refractivity contribution in [1.29, 1.82) is 0 Å². The molecule has 1 aromatic heterocycles. The number of aromatic amines is 1. The SMILES string of the molecule is CC(CN)(NC(=O)c1cc2ccccc2[nH]c1=O)C1CC1.Cl. The lowest BCUT2D eigenvalue weighted by atomic mass is 9.95. The molecule has 5 nitrogen and oxygen atoms in total. The molecule has 4 N–H and O–H groups in total. The first-order valence-corrected chi connectivity index (χ1v) is 7.18. The zero-order valence-corrected chi connectivity index (χ0v) is 13.2. The van der Waals surface area contributed by atoms with Crippen LogP contribution in [0.25, 0.3) is 10.9 Å². The molecule has 0 bridgehead atoms. The molecule has 1 amide bonds. The number of carbonyl (C=O) groups excluding carboxylic acids is 1. The van der Waals surface area contributed by atoms with Gasteiger partial charge in [-0.2, -0.15) is 0 Å². The average Bonchev–Trinajstić information content (AvgIpc) is 3.31. The number of H-pyrrole nitrogens is 1. The topological polar surface area (TPSA) is 88.0 Å². The van der Waals surface area contributed by atoms with Crippen molar-refractivity contribution in [3.8, 4) is 0 Å². The Kier molecular flexibility index (Phi) is 4.58. The first kappa shape index (κ1) is 16.5. The molecule has 2 aromatic rings. The lowest BCUT2D eigenvalue weighted by Gasteiger charge is -2.29. The number of para-hydroxylation sites is 1. The lowest BCUT2D eigenvalue weighted by Crippen LogP contribution is -2.53. The minimum Gasteiger partial charge on any atom is -0.345 e. The molecule has 1 aliphatic rings. The summed E-state index contributed by atoms with van der Waals surface area (Å²) in [5.74, 6) is 0.0489. The molecule has 118 valence electrons. The summed E-state index contributed by atoms with van der Waals surface area (Å²) in [6.07, 6.45) is 2.14. The predicted octanol–water partition coefficient (Wildman–Crippen LogP) is 1.81. The van der Waals surface area contributed by atoms with Crippen molar-refractivity contribution >= 4 is 29.2 Å². The molecule has 0 aliphatic heterocycles. The van der Waals surface area contributed by atoms with E-state index in [1.165, 1.54) is 0 Å². The number of nitrogens with one attached hydrogen (secondary N) is 2. The van der Waals surface area contributed by atoms with Crippen LogP contribution in [-0.4, -0.2) is 23.0 Å². The Balaban J connectivity index is 0.00000176. The fraction of sp³-hybridized carbons (Fsp3) is 0.375. The zero-order chi connectivity index (χ0) is 15.0. The number of nitrogens with two attached hydrogens (primary N) is 1.